The summed E-state index contributed by atoms with van der Waals surface area (Å²) in [5, 5.41) is 6.19. The number of nitrogens with one attached hydrogen (secondary N) is 2. The van der Waals surface area contributed by atoms with Crippen molar-refractivity contribution in [2.75, 3.05) is 10.6 Å². The molecule has 3 saturated carbocycles. The molecule has 0 saturated heterocycles. The molecular weight excluding hydrogens is 604 g/mol. The lowest BCUT2D eigenvalue weighted by Crippen LogP contribution is -2.46. The van der Waals surface area contributed by atoms with Crippen molar-refractivity contribution in [3.05, 3.63) is 95.6 Å². The largest absolute Gasteiger partial charge is 0.317 e. The number of hydrogen-bond acceptors (Lipinski definition) is 4. The first-order chi connectivity index (χ1) is 23.3. The standard InChI is InChI=1S/C38H40N6O4/c1-3-43-19-5-7-29(23-43)41-35(47)31-11-9-27(39-25-45)21-33(31)37-13-16-38(17-14-37,18-15-37)34-22-28(40-26-46)10-12-32(34)36(48)42-30-8-6-20-44(4-2)24-30/h5-8,11-12,19-26H,3-4,9-10,13-18H2,1-2H3/p+2. The maximum Gasteiger partial charge on any atom is 0.255 e. The number of carbonyl (C=O) groups excluding carboxylic acids is 4. The zero-order valence-corrected chi connectivity index (χ0v) is 27.6. The summed E-state index contributed by atoms with van der Waals surface area (Å²) in [5.74, 6) is -0.345. The number of hydrogen-bond donors (Lipinski definition) is 2. The molecule has 5 aliphatic carbocycles. The highest BCUT2D eigenvalue weighted by atomic mass is 16.2. The van der Waals surface area contributed by atoms with E-state index < -0.39 is 0 Å². The fraction of sp³-hybridized carbons (Fsp3) is 0.368. The molecule has 246 valence electrons. The smallest absolute Gasteiger partial charge is 0.255 e. The number of amides is 4. The second-order valence-corrected chi connectivity index (χ2v) is 13.0. The third-order valence-electron chi connectivity index (χ3n) is 10.5. The molecule has 0 spiro atoms. The first-order valence-electron chi connectivity index (χ1n) is 16.8. The van der Waals surface area contributed by atoms with Gasteiger partial charge in [-0.25, -0.2) is 19.1 Å². The van der Waals surface area contributed by atoms with Crippen molar-refractivity contribution >= 4 is 47.4 Å². The summed E-state index contributed by atoms with van der Waals surface area (Å²) in [4.78, 5) is 58.5. The van der Waals surface area contributed by atoms with Crippen LogP contribution in [0.3, 0.4) is 0 Å². The van der Waals surface area contributed by atoms with Crippen LogP contribution in [-0.4, -0.2) is 36.1 Å². The lowest BCUT2D eigenvalue weighted by atomic mass is 9.48. The van der Waals surface area contributed by atoms with Gasteiger partial charge in [0, 0.05) is 47.5 Å². The van der Waals surface area contributed by atoms with E-state index in [1.165, 1.54) is 0 Å². The molecule has 0 aliphatic heterocycles. The minimum atomic E-state index is -0.270. The Labute approximate surface area is 280 Å². The normalized spacial score (nSPS) is 25.0. The molecule has 10 nitrogen and oxygen atoms in total. The molecule has 3 fully saturated rings. The van der Waals surface area contributed by atoms with Crippen LogP contribution in [0.15, 0.2) is 106 Å². The van der Waals surface area contributed by atoms with E-state index in [0.29, 0.717) is 48.2 Å². The molecule has 2 aromatic rings. The Hall–Kier alpha value is -5.12. The lowest BCUT2D eigenvalue weighted by molar-refractivity contribution is -0.693. The van der Waals surface area contributed by atoms with Gasteiger partial charge in [-0.15, -0.1) is 0 Å². The second kappa shape index (κ2) is 13.9. The van der Waals surface area contributed by atoms with E-state index in [-0.39, 0.29) is 22.6 Å². The van der Waals surface area contributed by atoms with Gasteiger partial charge in [-0.05, 0) is 98.6 Å². The Kier molecular flexibility index (Phi) is 9.52. The molecule has 5 aliphatic rings. The van der Waals surface area contributed by atoms with Crippen molar-refractivity contribution in [2.24, 2.45) is 20.8 Å². The topological polar surface area (TPSA) is 125 Å². The van der Waals surface area contributed by atoms with E-state index in [0.717, 1.165) is 74.1 Å². The number of aromatic nitrogens is 2. The Bertz CT molecular complexity index is 1690. The summed E-state index contributed by atoms with van der Waals surface area (Å²) in [6, 6.07) is 7.58. The zero-order chi connectivity index (χ0) is 33.7. The van der Waals surface area contributed by atoms with Gasteiger partial charge in [-0.3, -0.25) is 19.2 Å². The highest BCUT2D eigenvalue weighted by Crippen LogP contribution is 2.64. The van der Waals surface area contributed by atoms with E-state index in [1.54, 1.807) is 0 Å². The van der Waals surface area contributed by atoms with Gasteiger partial charge in [0.2, 0.25) is 12.8 Å². The molecule has 0 unspecified atom stereocenters. The number of anilines is 2. The number of fused-ring (bicyclic) bond motifs is 3. The summed E-state index contributed by atoms with van der Waals surface area (Å²) >= 11 is 0. The lowest BCUT2D eigenvalue weighted by Gasteiger charge is -2.56. The fourth-order valence-electron chi connectivity index (χ4n) is 7.84. The van der Waals surface area contributed by atoms with Crippen molar-refractivity contribution in [3.8, 4) is 0 Å². The first kappa shape index (κ1) is 32.8. The van der Waals surface area contributed by atoms with Crippen LogP contribution >= 0.6 is 0 Å². The molecule has 48 heavy (non-hydrogen) atoms. The van der Waals surface area contributed by atoms with Crippen molar-refractivity contribution in [3.63, 3.8) is 0 Å². The van der Waals surface area contributed by atoms with E-state index >= 15 is 0 Å². The highest BCUT2D eigenvalue weighted by molar-refractivity contribution is 6.13. The van der Waals surface area contributed by atoms with E-state index in [2.05, 4.69) is 20.6 Å². The highest BCUT2D eigenvalue weighted by Gasteiger charge is 2.54. The number of allylic oxidation sites excluding steroid dienone is 4. The molecule has 0 radical (unpaired) electrons. The van der Waals surface area contributed by atoms with Gasteiger partial charge >= 0.3 is 0 Å². The number of aliphatic imine (C=N–C) groups is 2. The van der Waals surface area contributed by atoms with Gasteiger partial charge in [-0.1, -0.05) is 12.2 Å². The van der Waals surface area contributed by atoms with Crippen LogP contribution in [-0.2, 0) is 32.3 Å². The summed E-state index contributed by atoms with van der Waals surface area (Å²) < 4.78 is 4.01. The number of pyridine rings is 2. The van der Waals surface area contributed by atoms with E-state index in [9.17, 15) is 19.2 Å². The van der Waals surface area contributed by atoms with Crippen LogP contribution < -0.4 is 19.8 Å². The molecule has 2 N–H and O–H groups in total. The number of carbonyl (C=O) groups is 4. The van der Waals surface area contributed by atoms with E-state index in [1.807, 2.05) is 96.3 Å². The van der Waals surface area contributed by atoms with Gasteiger partial charge in [0.1, 0.15) is 24.5 Å². The number of nitrogens with zero attached hydrogens (tertiary/aromatic N) is 4. The van der Waals surface area contributed by atoms with Crippen LogP contribution in [0, 0.1) is 10.8 Å². The third kappa shape index (κ3) is 6.52. The average Bonchev–Trinajstić information content (AvgIpc) is 3.12. The third-order valence-corrected chi connectivity index (χ3v) is 10.5. The minimum absolute atomic E-state index is 0.172. The molecule has 2 bridgehead atoms. The van der Waals surface area contributed by atoms with Crippen molar-refractivity contribution in [2.45, 2.75) is 78.3 Å². The van der Waals surface area contributed by atoms with Gasteiger partial charge in [-0.2, -0.15) is 0 Å². The molecule has 0 aromatic carbocycles. The predicted octanol–water partition coefficient (Wildman–Crippen LogP) is 4.93. The minimum Gasteiger partial charge on any atom is -0.317 e. The predicted molar refractivity (Wildman–Crippen MR) is 183 cm³/mol. The molecule has 2 aromatic heterocycles. The zero-order valence-electron chi connectivity index (χ0n) is 27.6. The Morgan fingerprint density at radius 2 is 1.10 bits per heavy atom. The molecule has 10 heteroatoms. The number of aryl methyl sites for hydroxylation is 2. The van der Waals surface area contributed by atoms with Crippen molar-refractivity contribution in [1.82, 2.24) is 0 Å². The summed E-state index contributed by atoms with van der Waals surface area (Å²) in [7, 11) is 0. The van der Waals surface area contributed by atoms with Crippen molar-refractivity contribution in [1.29, 1.82) is 0 Å². The maximum absolute atomic E-state index is 13.8. The summed E-state index contributed by atoms with van der Waals surface area (Å²) in [5.41, 5.74) is 5.32. The fourth-order valence-corrected chi connectivity index (χ4v) is 7.84. The summed E-state index contributed by atoms with van der Waals surface area (Å²) in [6.45, 7) is 5.67. The molecular formula is C38H42N6O4+2. The van der Waals surface area contributed by atoms with Crippen LogP contribution in [0.2, 0.25) is 0 Å². The van der Waals surface area contributed by atoms with Gasteiger partial charge < -0.3 is 10.6 Å². The average molecular weight is 647 g/mol. The molecule has 7 rings (SSSR count). The van der Waals surface area contributed by atoms with Crippen LogP contribution in [0.5, 0.6) is 0 Å². The number of rotatable bonds is 10. The van der Waals surface area contributed by atoms with Crippen molar-refractivity contribution < 1.29 is 28.3 Å². The Morgan fingerprint density at radius 3 is 1.46 bits per heavy atom. The molecule has 2 heterocycles. The Morgan fingerprint density at radius 1 is 0.708 bits per heavy atom. The van der Waals surface area contributed by atoms with Crippen LogP contribution in [0.25, 0.3) is 0 Å². The van der Waals surface area contributed by atoms with Gasteiger partial charge in [0.25, 0.3) is 11.8 Å². The van der Waals surface area contributed by atoms with Crippen LogP contribution in [0.1, 0.15) is 65.2 Å². The molecule has 4 amide bonds. The van der Waals surface area contributed by atoms with Gasteiger partial charge in [0.15, 0.2) is 24.8 Å². The molecule has 0 atom stereocenters. The van der Waals surface area contributed by atoms with Gasteiger partial charge in [0.05, 0.1) is 0 Å². The SMILES string of the molecule is CC[n+]1cccc(NC(=O)C2=CCC(=NC=O)C=C2C23CCC(C4=CC(=NC=O)CC=C4C(=O)Nc4ccc[n+](CC)c4)(CC2)CC3)c1. The Balaban J connectivity index is 1.27. The monoisotopic (exact) mass is 646 g/mol. The maximum atomic E-state index is 13.8. The second-order valence-electron chi connectivity index (χ2n) is 13.0. The van der Waals surface area contributed by atoms with E-state index in [4.69, 9.17) is 0 Å². The van der Waals surface area contributed by atoms with Crippen LogP contribution in [0.4, 0.5) is 11.4 Å². The first-order valence-corrected chi connectivity index (χ1v) is 16.8. The summed E-state index contributed by atoms with van der Waals surface area (Å²) in [6.07, 6.45) is 22.2. The quantitative estimate of drug-likeness (QED) is 0.281.